The fraction of sp³-hybridized carbons (Fsp3) is 0.417. The van der Waals surface area contributed by atoms with Crippen LogP contribution in [0.3, 0.4) is 0 Å². The van der Waals surface area contributed by atoms with Gasteiger partial charge in [0, 0.05) is 12.3 Å². The molecule has 2 aromatic carbocycles. The monoisotopic (exact) mass is 364 g/mol. The van der Waals surface area contributed by atoms with Gasteiger partial charge in [-0.05, 0) is 48.9 Å². The second-order valence-corrected chi connectivity index (χ2v) is 7.40. The van der Waals surface area contributed by atoms with E-state index in [4.69, 9.17) is 4.74 Å². The first-order valence-corrected chi connectivity index (χ1v) is 9.94. The molecule has 1 aliphatic carbocycles. The van der Waals surface area contributed by atoms with Crippen LogP contribution < -0.4 is 0 Å². The molecule has 1 aliphatic rings. The molecule has 2 unspecified atom stereocenters. The number of esters is 1. The third-order valence-corrected chi connectivity index (χ3v) is 5.59. The molecule has 142 valence electrons. The normalized spacial score (nSPS) is 19.5. The first-order chi connectivity index (χ1) is 13.1. The van der Waals surface area contributed by atoms with E-state index in [-0.39, 0.29) is 23.6 Å². The lowest BCUT2D eigenvalue weighted by molar-refractivity contribution is -0.153. The van der Waals surface area contributed by atoms with Crippen LogP contribution in [0.1, 0.15) is 43.7 Å². The standard InChI is InChI=1S/C24H28O3/c1-3-27-24(26)22-12-8-7-11-21(22)23(25)16-20-15-19(14-13-17(20)2)18-9-5-4-6-10-18/h4-6,9-10,13-15,21-22H,3,7-8,11-12,16H2,1-2H3. The van der Waals surface area contributed by atoms with E-state index in [1.165, 1.54) is 0 Å². The highest BCUT2D eigenvalue weighted by Gasteiger charge is 2.36. The predicted octanol–water partition coefficient (Wildman–Crippen LogP) is 5.14. The summed E-state index contributed by atoms with van der Waals surface area (Å²) >= 11 is 0. The van der Waals surface area contributed by atoms with Crippen molar-refractivity contribution < 1.29 is 14.3 Å². The number of carbonyl (C=O) groups is 2. The van der Waals surface area contributed by atoms with Crippen LogP contribution in [0.4, 0.5) is 0 Å². The Labute approximate surface area is 161 Å². The summed E-state index contributed by atoms with van der Waals surface area (Å²) in [5, 5.41) is 0. The maximum Gasteiger partial charge on any atom is 0.309 e. The van der Waals surface area contributed by atoms with E-state index in [2.05, 4.69) is 30.3 Å². The fourth-order valence-corrected chi connectivity index (χ4v) is 4.04. The summed E-state index contributed by atoms with van der Waals surface area (Å²) in [5.74, 6) is -0.521. The number of carbonyl (C=O) groups excluding carboxylic acids is 2. The van der Waals surface area contributed by atoms with Gasteiger partial charge >= 0.3 is 5.97 Å². The molecule has 0 radical (unpaired) electrons. The van der Waals surface area contributed by atoms with E-state index in [1.54, 1.807) is 0 Å². The number of Topliss-reactive ketones (excluding diaryl/α,β-unsaturated/α-hetero) is 1. The Bertz CT molecular complexity index is 795. The lowest BCUT2D eigenvalue weighted by Gasteiger charge is -2.29. The average molecular weight is 364 g/mol. The van der Waals surface area contributed by atoms with Crippen LogP contribution in [-0.2, 0) is 20.7 Å². The minimum atomic E-state index is -0.274. The molecule has 0 amide bonds. The lowest BCUT2D eigenvalue weighted by atomic mass is 9.75. The van der Waals surface area contributed by atoms with Gasteiger partial charge in [-0.15, -0.1) is 0 Å². The van der Waals surface area contributed by atoms with Crippen LogP contribution in [0.25, 0.3) is 11.1 Å². The van der Waals surface area contributed by atoms with Gasteiger partial charge in [0.1, 0.15) is 5.78 Å². The van der Waals surface area contributed by atoms with Crippen LogP contribution in [-0.4, -0.2) is 18.4 Å². The van der Waals surface area contributed by atoms with Crippen LogP contribution in [0.15, 0.2) is 48.5 Å². The number of aryl methyl sites for hydroxylation is 1. The quantitative estimate of drug-likeness (QED) is 0.666. The van der Waals surface area contributed by atoms with Crippen molar-refractivity contribution in [2.75, 3.05) is 6.61 Å². The van der Waals surface area contributed by atoms with Gasteiger partial charge in [0.2, 0.25) is 0 Å². The molecule has 27 heavy (non-hydrogen) atoms. The van der Waals surface area contributed by atoms with Gasteiger partial charge in [-0.25, -0.2) is 0 Å². The molecular formula is C24H28O3. The Morgan fingerprint density at radius 3 is 2.37 bits per heavy atom. The van der Waals surface area contributed by atoms with Gasteiger partial charge in [-0.1, -0.05) is 61.4 Å². The Hall–Kier alpha value is -2.42. The number of ether oxygens (including phenoxy) is 1. The molecule has 3 nitrogen and oxygen atoms in total. The predicted molar refractivity (Wildman–Crippen MR) is 107 cm³/mol. The average Bonchev–Trinajstić information content (AvgIpc) is 2.70. The molecule has 0 saturated heterocycles. The molecule has 0 aliphatic heterocycles. The zero-order chi connectivity index (χ0) is 19.2. The molecule has 3 heteroatoms. The third kappa shape index (κ3) is 4.65. The highest BCUT2D eigenvalue weighted by Crippen LogP contribution is 2.33. The Kier molecular flexibility index (Phi) is 6.44. The van der Waals surface area contributed by atoms with Crippen LogP contribution in [0.2, 0.25) is 0 Å². The van der Waals surface area contributed by atoms with E-state index in [1.807, 2.05) is 32.0 Å². The van der Waals surface area contributed by atoms with Crippen molar-refractivity contribution in [2.45, 2.75) is 46.0 Å². The highest BCUT2D eigenvalue weighted by molar-refractivity contribution is 5.89. The summed E-state index contributed by atoms with van der Waals surface area (Å²) in [4.78, 5) is 25.4. The summed E-state index contributed by atoms with van der Waals surface area (Å²) < 4.78 is 5.22. The van der Waals surface area contributed by atoms with E-state index in [0.717, 1.165) is 47.9 Å². The SMILES string of the molecule is CCOC(=O)C1CCCCC1C(=O)Cc1cc(-c2ccccc2)ccc1C. The van der Waals surface area contributed by atoms with E-state index in [9.17, 15) is 9.59 Å². The van der Waals surface area contributed by atoms with Gasteiger partial charge in [-0.2, -0.15) is 0 Å². The molecule has 2 aromatic rings. The first-order valence-electron chi connectivity index (χ1n) is 9.94. The molecule has 0 N–H and O–H groups in total. The van der Waals surface area contributed by atoms with Crippen LogP contribution >= 0.6 is 0 Å². The fourth-order valence-electron chi connectivity index (χ4n) is 4.04. The Balaban J connectivity index is 1.79. The molecule has 0 bridgehead atoms. The maximum absolute atomic E-state index is 13.1. The van der Waals surface area contributed by atoms with Gasteiger partial charge in [0.15, 0.2) is 0 Å². The van der Waals surface area contributed by atoms with Gasteiger partial charge in [0.25, 0.3) is 0 Å². The van der Waals surface area contributed by atoms with Crippen molar-refractivity contribution in [3.05, 3.63) is 59.7 Å². The minimum absolute atomic E-state index is 0.168. The van der Waals surface area contributed by atoms with Crippen molar-refractivity contribution in [3.63, 3.8) is 0 Å². The molecule has 3 rings (SSSR count). The smallest absolute Gasteiger partial charge is 0.309 e. The largest absolute Gasteiger partial charge is 0.466 e. The van der Waals surface area contributed by atoms with E-state index < -0.39 is 0 Å². The van der Waals surface area contributed by atoms with Gasteiger partial charge in [-0.3, -0.25) is 9.59 Å². The summed E-state index contributed by atoms with van der Waals surface area (Å²) in [6, 6.07) is 16.5. The molecular weight excluding hydrogens is 336 g/mol. The highest BCUT2D eigenvalue weighted by atomic mass is 16.5. The summed E-state index contributed by atoms with van der Waals surface area (Å²) in [6.07, 6.45) is 3.94. The zero-order valence-electron chi connectivity index (χ0n) is 16.2. The van der Waals surface area contributed by atoms with E-state index >= 15 is 0 Å². The summed E-state index contributed by atoms with van der Waals surface area (Å²) in [6.45, 7) is 4.23. The first kappa shape index (κ1) is 19.3. The van der Waals surface area contributed by atoms with Crippen LogP contribution in [0.5, 0.6) is 0 Å². The number of rotatable bonds is 6. The van der Waals surface area contributed by atoms with Crippen molar-refractivity contribution in [1.82, 2.24) is 0 Å². The summed E-state index contributed by atoms with van der Waals surface area (Å²) in [7, 11) is 0. The number of hydrogen-bond donors (Lipinski definition) is 0. The molecule has 0 spiro atoms. The third-order valence-electron chi connectivity index (χ3n) is 5.59. The zero-order valence-corrected chi connectivity index (χ0v) is 16.2. The second kappa shape index (κ2) is 8.98. The topological polar surface area (TPSA) is 43.4 Å². The summed E-state index contributed by atoms with van der Waals surface area (Å²) in [5.41, 5.74) is 4.43. The molecule has 0 heterocycles. The molecule has 1 saturated carbocycles. The lowest BCUT2D eigenvalue weighted by Crippen LogP contribution is -2.34. The number of benzene rings is 2. The molecule has 0 aromatic heterocycles. The van der Waals surface area contributed by atoms with E-state index in [0.29, 0.717) is 13.0 Å². The van der Waals surface area contributed by atoms with Gasteiger partial charge in [0.05, 0.1) is 12.5 Å². The second-order valence-electron chi connectivity index (χ2n) is 7.40. The van der Waals surface area contributed by atoms with Crippen molar-refractivity contribution >= 4 is 11.8 Å². The van der Waals surface area contributed by atoms with Crippen LogP contribution in [0, 0.1) is 18.8 Å². The van der Waals surface area contributed by atoms with Gasteiger partial charge < -0.3 is 4.74 Å². The minimum Gasteiger partial charge on any atom is -0.466 e. The molecule has 1 fully saturated rings. The Morgan fingerprint density at radius 1 is 0.963 bits per heavy atom. The van der Waals surface area contributed by atoms with Crippen molar-refractivity contribution in [2.24, 2.45) is 11.8 Å². The Morgan fingerprint density at radius 2 is 1.67 bits per heavy atom. The van der Waals surface area contributed by atoms with Crippen molar-refractivity contribution in [1.29, 1.82) is 0 Å². The number of ketones is 1. The molecule has 2 atom stereocenters. The number of hydrogen-bond acceptors (Lipinski definition) is 3. The maximum atomic E-state index is 13.1. The van der Waals surface area contributed by atoms with Crippen molar-refractivity contribution in [3.8, 4) is 11.1 Å².